The van der Waals surface area contributed by atoms with Crippen LogP contribution in [0.25, 0.3) is 0 Å². The minimum atomic E-state index is -0.272. The minimum absolute atomic E-state index is 0.164. The first kappa shape index (κ1) is 16.0. The molecule has 1 fully saturated rings. The van der Waals surface area contributed by atoms with Gasteiger partial charge in [0.2, 0.25) is 5.91 Å². The molecule has 2 N–H and O–H groups in total. The summed E-state index contributed by atoms with van der Waals surface area (Å²) in [6, 6.07) is 10.5. The van der Waals surface area contributed by atoms with Gasteiger partial charge in [0.05, 0.1) is 11.5 Å². The van der Waals surface area contributed by atoms with Crippen LogP contribution in [0.2, 0.25) is 0 Å². The number of hydrogen-bond acceptors (Lipinski definition) is 3. The molecule has 21 heavy (non-hydrogen) atoms. The van der Waals surface area contributed by atoms with E-state index in [-0.39, 0.29) is 17.4 Å². The first-order valence-electron chi connectivity index (χ1n) is 7.73. The van der Waals surface area contributed by atoms with E-state index < -0.39 is 0 Å². The van der Waals surface area contributed by atoms with E-state index in [1.165, 1.54) is 5.56 Å². The Kier molecular flexibility index (Phi) is 5.37. The minimum Gasteiger partial charge on any atom is -0.354 e. The van der Waals surface area contributed by atoms with Crippen LogP contribution in [0.1, 0.15) is 31.4 Å². The Bertz CT molecular complexity index is 452. The number of nitrogens with zero attached hydrogens (tertiary/aromatic N) is 1. The molecule has 0 aromatic heterocycles. The van der Waals surface area contributed by atoms with Crippen molar-refractivity contribution in [2.24, 2.45) is 5.41 Å². The smallest absolute Gasteiger partial charge is 0.227 e. The molecule has 1 amide bonds. The van der Waals surface area contributed by atoms with Crippen LogP contribution in [-0.4, -0.2) is 44.5 Å². The molecule has 0 bridgehead atoms. The molecule has 0 saturated carbocycles. The lowest BCUT2D eigenvalue weighted by Gasteiger charge is -2.34. The van der Waals surface area contributed by atoms with Crippen LogP contribution >= 0.6 is 0 Å². The van der Waals surface area contributed by atoms with Gasteiger partial charge in [0, 0.05) is 13.1 Å². The fourth-order valence-corrected chi connectivity index (χ4v) is 2.93. The van der Waals surface area contributed by atoms with Gasteiger partial charge in [-0.15, -0.1) is 0 Å². The molecule has 0 aliphatic carbocycles. The fraction of sp³-hybridized carbons (Fsp3) is 0.588. The second-order valence-electron chi connectivity index (χ2n) is 6.44. The van der Waals surface area contributed by atoms with Crippen molar-refractivity contribution in [1.82, 2.24) is 15.5 Å². The van der Waals surface area contributed by atoms with Crippen molar-refractivity contribution in [3.63, 3.8) is 0 Å². The largest absolute Gasteiger partial charge is 0.354 e. The molecule has 1 saturated heterocycles. The molecule has 4 nitrogen and oxygen atoms in total. The number of benzene rings is 1. The van der Waals surface area contributed by atoms with Crippen molar-refractivity contribution >= 4 is 5.91 Å². The number of piperidine rings is 1. The Morgan fingerprint density at radius 3 is 2.67 bits per heavy atom. The summed E-state index contributed by atoms with van der Waals surface area (Å²) in [4.78, 5) is 14.7. The summed E-state index contributed by atoms with van der Waals surface area (Å²) in [5.74, 6) is 0.164. The standard InChI is InChI=1S/C17H27N3O/c1-17(10-7-11-18-13-17)16(21)19-12-15(20(2)3)14-8-5-4-6-9-14/h4-6,8-9,15,18H,7,10-13H2,1-3H3,(H,19,21). The van der Waals surface area contributed by atoms with Gasteiger partial charge in [-0.3, -0.25) is 4.79 Å². The molecule has 1 aromatic rings. The van der Waals surface area contributed by atoms with Crippen molar-refractivity contribution in [1.29, 1.82) is 0 Å². The molecule has 116 valence electrons. The molecule has 2 atom stereocenters. The van der Waals surface area contributed by atoms with E-state index in [0.29, 0.717) is 6.54 Å². The van der Waals surface area contributed by atoms with Gasteiger partial charge in [0.25, 0.3) is 0 Å². The molecule has 0 radical (unpaired) electrons. The molecular weight excluding hydrogens is 262 g/mol. The average molecular weight is 289 g/mol. The monoisotopic (exact) mass is 289 g/mol. The SMILES string of the molecule is CN(C)C(CNC(=O)C1(C)CCCNC1)c1ccccc1. The van der Waals surface area contributed by atoms with Gasteiger partial charge in [0.15, 0.2) is 0 Å². The summed E-state index contributed by atoms with van der Waals surface area (Å²) >= 11 is 0. The highest BCUT2D eigenvalue weighted by Crippen LogP contribution is 2.26. The molecule has 4 heteroatoms. The maximum Gasteiger partial charge on any atom is 0.227 e. The molecule has 1 aromatic carbocycles. The fourth-order valence-electron chi connectivity index (χ4n) is 2.93. The topological polar surface area (TPSA) is 44.4 Å². The summed E-state index contributed by atoms with van der Waals surface area (Å²) in [6.07, 6.45) is 2.03. The Morgan fingerprint density at radius 1 is 1.38 bits per heavy atom. The lowest BCUT2D eigenvalue weighted by atomic mass is 9.82. The van der Waals surface area contributed by atoms with Crippen molar-refractivity contribution in [2.75, 3.05) is 33.7 Å². The van der Waals surface area contributed by atoms with Gasteiger partial charge in [-0.05, 0) is 46.0 Å². The van der Waals surface area contributed by atoms with E-state index in [1.54, 1.807) is 0 Å². The van der Waals surface area contributed by atoms with E-state index in [9.17, 15) is 4.79 Å². The summed E-state index contributed by atoms with van der Waals surface area (Å²) in [6.45, 7) is 4.50. The summed E-state index contributed by atoms with van der Waals surface area (Å²) in [7, 11) is 4.10. The van der Waals surface area contributed by atoms with E-state index in [1.807, 2.05) is 32.3 Å². The number of rotatable bonds is 5. The molecular formula is C17H27N3O. The summed E-state index contributed by atoms with van der Waals surface area (Å²) < 4.78 is 0. The third-order valence-corrected chi connectivity index (χ3v) is 4.41. The van der Waals surface area contributed by atoms with Gasteiger partial charge >= 0.3 is 0 Å². The van der Waals surface area contributed by atoms with E-state index in [4.69, 9.17) is 0 Å². The van der Waals surface area contributed by atoms with Gasteiger partial charge in [-0.1, -0.05) is 30.3 Å². The maximum absolute atomic E-state index is 12.5. The van der Waals surface area contributed by atoms with Gasteiger partial charge in [-0.2, -0.15) is 0 Å². The first-order chi connectivity index (χ1) is 10.0. The Balaban J connectivity index is 1.97. The zero-order chi connectivity index (χ0) is 15.3. The Labute approximate surface area is 127 Å². The molecule has 0 spiro atoms. The number of carbonyl (C=O) groups is 1. The van der Waals surface area contributed by atoms with E-state index in [2.05, 4.69) is 34.6 Å². The Morgan fingerprint density at radius 2 is 2.10 bits per heavy atom. The number of amides is 1. The van der Waals surface area contributed by atoms with Crippen LogP contribution in [0.3, 0.4) is 0 Å². The first-order valence-corrected chi connectivity index (χ1v) is 7.73. The molecule has 2 rings (SSSR count). The molecule has 2 unspecified atom stereocenters. The maximum atomic E-state index is 12.5. The number of likely N-dealkylation sites (N-methyl/N-ethyl adjacent to an activating group) is 1. The summed E-state index contributed by atoms with van der Waals surface area (Å²) in [5.41, 5.74) is 0.959. The Hall–Kier alpha value is -1.39. The third kappa shape index (κ3) is 4.05. The zero-order valence-electron chi connectivity index (χ0n) is 13.4. The number of carbonyl (C=O) groups excluding carboxylic acids is 1. The van der Waals surface area contributed by atoms with Crippen molar-refractivity contribution in [3.05, 3.63) is 35.9 Å². The highest BCUT2D eigenvalue weighted by Gasteiger charge is 2.34. The third-order valence-electron chi connectivity index (χ3n) is 4.41. The number of hydrogen-bond donors (Lipinski definition) is 2. The second kappa shape index (κ2) is 7.05. The van der Waals surface area contributed by atoms with Crippen molar-refractivity contribution in [3.8, 4) is 0 Å². The van der Waals surface area contributed by atoms with Gasteiger partial charge in [0.1, 0.15) is 0 Å². The molecule has 1 heterocycles. The van der Waals surface area contributed by atoms with Crippen LogP contribution in [0.15, 0.2) is 30.3 Å². The van der Waals surface area contributed by atoms with Crippen LogP contribution in [0.4, 0.5) is 0 Å². The van der Waals surface area contributed by atoms with E-state index in [0.717, 1.165) is 25.9 Å². The van der Waals surface area contributed by atoms with Gasteiger partial charge < -0.3 is 15.5 Å². The second-order valence-corrected chi connectivity index (χ2v) is 6.44. The normalized spacial score (nSPS) is 23.8. The predicted molar refractivity (Wildman–Crippen MR) is 86.1 cm³/mol. The van der Waals surface area contributed by atoms with Crippen molar-refractivity contribution < 1.29 is 4.79 Å². The lowest BCUT2D eigenvalue weighted by Crippen LogP contribution is -2.50. The predicted octanol–water partition coefficient (Wildman–Crippen LogP) is 1.80. The zero-order valence-corrected chi connectivity index (χ0v) is 13.4. The van der Waals surface area contributed by atoms with Crippen molar-refractivity contribution in [2.45, 2.75) is 25.8 Å². The van der Waals surface area contributed by atoms with Crippen LogP contribution in [0.5, 0.6) is 0 Å². The average Bonchev–Trinajstić information content (AvgIpc) is 2.48. The van der Waals surface area contributed by atoms with Gasteiger partial charge in [-0.25, -0.2) is 0 Å². The quantitative estimate of drug-likeness (QED) is 0.869. The molecule has 1 aliphatic rings. The van der Waals surface area contributed by atoms with Crippen LogP contribution < -0.4 is 10.6 Å². The highest BCUT2D eigenvalue weighted by atomic mass is 16.2. The summed E-state index contributed by atoms with van der Waals surface area (Å²) in [5, 5.41) is 6.48. The lowest BCUT2D eigenvalue weighted by molar-refractivity contribution is -0.131. The van der Waals surface area contributed by atoms with Crippen LogP contribution in [-0.2, 0) is 4.79 Å². The van der Waals surface area contributed by atoms with E-state index >= 15 is 0 Å². The highest BCUT2D eigenvalue weighted by molar-refractivity contribution is 5.82. The molecule has 1 aliphatic heterocycles. The van der Waals surface area contributed by atoms with Crippen LogP contribution in [0, 0.1) is 5.41 Å². The number of nitrogens with one attached hydrogen (secondary N) is 2.